The van der Waals surface area contributed by atoms with Gasteiger partial charge >= 0.3 is 88.1 Å². The van der Waals surface area contributed by atoms with Crippen molar-refractivity contribution in [3.63, 3.8) is 0 Å². The number of hydrogen-bond acceptors (Lipinski definition) is 3. The molecule has 130 valence electrons. The van der Waals surface area contributed by atoms with Crippen molar-refractivity contribution in [3.8, 4) is 5.75 Å². The summed E-state index contributed by atoms with van der Waals surface area (Å²) in [5.74, 6) is -0.0505. The maximum absolute atomic E-state index is 10.9. The largest absolute Gasteiger partial charge is 0.122 e. The molecule has 1 amide bonds. The Balaban J connectivity index is 0.000000272. The molecule has 2 aromatic rings. The fraction of sp³-hybridized carbons (Fsp3) is 0.188. The third-order valence-electron chi connectivity index (χ3n) is 3.03. The summed E-state index contributed by atoms with van der Waals surface area (Å²) in [5.41, 5.74) is 2.48. The number of aryl methyl sites for hydroxylation is 1. The number of alkyl halides is 1. The smallest absolute Gasteiger partial charge is 0.0476 e. The normalized spacial score (nSPS) is 10.5. The minimum Gasteiger partial charge on any atom is -0.122 e. The van der Waals surface area contributed by atoms with Crippen LogP contribution >= 0.6 is 11.6 Å². The van der Waals surface area contributed by atoms with Crippen molar-refractivity contribution < 1.29 is 21.8 Å². The van der Waals surface area contributed by atoms with Crippen molar-refractivity contribution in [2.24, 2.45) is 0 Å². The van der Waals surface area contributed by atoms with E-state index in [1.165, 1.54) is 18.1 Å². The molecule has 0 unspecified atom stereocenters. The molecule has 0 heterocycles. The molecule has 0 spiro atoms. The molecule has 0 saturated heterocycles. The van der Waals surface area contributed by atoms with Gasteiger partial charge in [-0.05, 0) is 18.1 Å². The molecule has 2 rings (SSSR count). The van der Waals surface area contributed by atoms with Gasteiger partial charge in [-0.3, -0.25) is 0 Å². The van der Waals surface area contributed by atoms with E-state index < -0.39 is 20.1 Å². The topological polar surface area (TPSA) is 107 Å². The number of hydrogen-bond donors (Lipinski definition) is 4. The Labute approximate surface area is 148 Å². The summed E-state index contributed by atoms with van der Waals surface area (Å²) in [5, 5.41) is 11.6. The zero-order chi connectivity index (χ0) is 18.3. The summed E-state index contributed by atoms with van der Waals surface area (Å²) < 4.78 is 28.6. The van der Waals surface area contributed by atoms with Gasteiger partial charge < -0.3 is 0 Å². The van der Waals surface area contributed by atoms with Crippen LogP contribution in [-0.4, -0.2) is 33.4 Å². The van der Waals surface area contributed by atoms with Gasteiger partial charge in [-0.1, -0.05) is 24.3 Å². The minimum absolute atomic E-state index is 0.00951. The minimum atomic E-state index is -4.98. The second kappa shape index (κ2) is 8.94. The first-order valence-electron chi connectivity index (χ1n) is 6.92. The van der Waals surface area contributed by atoms with Crippen LogP contribution in [-0.2, 0) is 14.4 Å². The number of benzene rings is 2. The first-order chi connectivity index (χ1) is 11.1. The Morgan fingerprint density at radius 2 is 1.83 bits per heavy atom. The van der Waals surface area contributed by atoms with Crippen LogP contribution in [0, 0.1) is 6.92 Å². The average molecular weight is 416 g/mol. The Kier molecular flexibility index (Phi) is 7.57. The summed E-state index contributed by atoms with van der Waals surface area (Å²) in [6, 6.07) is 11.5. The number of phenolic OH excluding ortho intramolecular Hbond substituents is 1. The Hall–Kier alpha value is -1.72. The van der Waals surface area contributed by atoms with Crippen LogP contribution in [0.4, 0.5) is 5.69 Å². The van der Waals surface area contributed by atoms with Crippen molar-refractivity contribution in [3.05, 3.63) is 53.6 Å². The molecule has 0 aliphatic carbocycles. The summed E-state index contributed by atoms with van der Waals surface area (Å²) >= 11 is 0.648. The molecule has 0 fully saturated rings. The van der Waals surface area contributed by atoms with Crippen LogP contribution in [0.25, 0.3) is 0 Å². The Morgan fingerprint density at radius 1 is 1.21 bits per heavy atom. The van der Waals surface area contributed by atoms with Gasteiger partial charge in [0.25, 0.3) is 0 Å². The van der Waals surface area contributed by atoms with Crippen LogP contribution in [0.1, 0.15) is 18.1 Å². The molecule has 2 aromatic carbocycles. The molecule has 0 aliphatic rings. The van der Waals surface area contributed by atoms with Gasteiger partial charge in [-0.2, -0.15) is 0 Å². The van der Waals surface area contributed by atoms with Crippen LogP contribution in [0.5, 0.6) is 5.75 Å². The van der Waals surface area contributed by atoms with E-state index in [1.807, 2.05) is 18.2 Å². The molecule has 0 bridgehead atoms. The Morgan fingerprint density at radius 3 is 2.29 bits per heavy atom. The summed E-state index contributed by atoms with van der Waals surface area (Å²) in [7, 11) is 0. The van der Waals surface area contributed by atoms with E-state index in [9.17, 15) is 13.6 Å². The van der Waals surface area contributed by atoms with E-state index >= 15 is 0 Å². The van der Waals surface area contributed by atoms with Crippen molar-refractivity contribution >= 4 is 41.7 Å². The van der Waals surface area contributed by atoms with Gasteiger partial charge in [0.15, 0.2) is 0 Å². The molecule has 0 aromatic heterocycles. The molecule has 24 heavy (non-hydrogen) atoms. The van der Waals surface area contributed by atoms with E-state index in [0.29, 0.717) is 5.88 Å². The maximum atomic E-state index is 10.9. The summed E-state index contributed by atoms with van der Waals surface area (Å²) in [6.45, 7) is 3.30. The average Bonchev–Trinajstić information content (AvgIpc) is 2.49. The maximum Gasteiger partial charge on any atom is 0.0476 e. The van der Waals surface area contributed by atoms with Gasteiger partial charge in [0.05, 0.1) is 0 Å². The number of nitrogens with one attached hydrogen (secondary N) is 1. The Bertz CT molecular complexity index is 760. The predicted molar refractivity (Wildman–Crippen MR) is 93.7 cm³/mol. The molecule has 0 aliphatic heterocycles. The van der Waals surface area contributed by atoms with Gasteiger partial charge in [0.1, 0.15) is 0 Å². The molecular formula is C16H19AsClNO5. The molecular weight excluding hydrogens is 397 g/mol. The van der Waals surface area contributed by atoms with E-state index in [1.54, 1.807) is 0 Å². The van der Waals surface area contributed by atoms with Crippen LogP contribution in [0.3, 0.4) is 0 Å². The first kappa shape index (κ1) is 20.3. The molecule has 4 N–H and O–H groups in total. The molecule has 0 atom stereocenters. The van der Waals surface area contributed by atoms with Crippen LogP contribution < -0.4 is 9.67 Å². The number of amides is 1. The number of rotatable bonds is 3. The fourth-order valence-corrected chi connectivity index (χ4v) is 3.24. The monoisotopic (exact) mass is 415 g/mol. The number of phenols is 1. The van der Waals surface area contributed by atoms with E-state index in [-0.39, 0.29) is 15.8 Å². The predicted octanol–water partition coefficient (Wildman–Crippen LogP) is 1.65. The number of anilines is 1. The SMILES string of the molecule is CC(=O)Nc1cc([As](=O)(O)O)ccc1O.Cc1ccccc1CCl. The summed E-state index contributed by atoms with van der Waals surface area (Å²) in [4.78, 5) is 10.7. The second-order valence-corrected chi connectivity index (χ2v) is 8.62. The van der Waals surface area contributed by atoms with Crippen molar-refractivity contribution in [2.75, 3.05) is 5.32 Å². The number of aromatic hydroxyl groups is 1. The molecule has 0 radical (unpaired) electrons. The number of carbonyl (C=O) groups is 1. The number of carbonyl (C=O) groups excluding carboxylic acids is 1. The molecule has 6 nitrogen and oxygen atoms in total. The van der Waals surface area contributed by atoms with E-state index in [0.717, 1.165) is 18.2 Å². The third-order valence-corrected chi connectivity index (χ3v) is 5.32. The van der Waals surface area contributed by atoms with Crippen LogP contribution in [0.2, 0.25) is 0 Å². The van der Waals surface area contributed by atoms with Crippen molar-refractivity contribution in [1.29, 1.82) is 0 Å². The van der Waals surface area contributed by atoms with Crippen LogP contribution in [0.15, 0.2) is 42.5 Å². The van der Waals surface area contributed by atoms with Crippen molar-refractivity contribution in [1.82, 2.24) is 0 Å². The van der Waals surface area contributed by atoms with Crippen molar-refractivity contribution in [2.45, 2.75) is 19.7 Å². The van der Waals surface area contributed by atoms with Gasteiger partial charge in [0.2, 0.25) is 0 Å². The zero-order valence-electron chi connectivity index (χ0n) is 13.2. The van der Waals surface area contributed by atoms with Gasteiger partial charge in [-0.15, -0.1) is 11.6 Å². The summed E-state index contributed by atoms with van der Waals surface area (Å²) in [6.07, 6.45) is 0. The zero-order valence-corrected chi connectivity index (χ0v) is 15.9. The third kappa shape index (κ3) is 6.41. The van der Waals surface area contributed by atoms with E-state index in [4.69, 9.17) is 19.8 Å². The van der Waals surface area contributed by atoms with Gasteiger partial charge in [0, 0.05) is 5.88 Å². The molecule has 0 saturated carbocycles. The van der Waals surface area contributed by atoms with E-state index in [2.05, 4.69) is 18.3 Å². The quantitative estimate of drug-likeness (QED) is 0.346. The fourth-order valence-electron chi connectivity index (χ4n) is 1.76. The standard InChI is InChI=1S/C8H10AsNO5.C8H9Cl/c1-5(11)10-7-4-6(9(13,14)15)2-3-8(7)12;1-7-4-2-3-5-8(7)6-9/h2-4,12H,1H3,(H,10,11)(H2,13,14,15);2-5H,6H2,1H3. The first-order valence-corrected chi connectivity index (χ1v) is 10.8. The number of halogens is 1. The second-order valence-electron chi connectivity index (χ2n) is 4.99. The molecule has 8 heteroatoms. The van der Waals surface area contributed by atoms with Gasteiger partial charge in [-0.25, -0.2) is 0 Å².